The highest BCUT2D eigenvalue weighted by Crippen LogP contribution is 2.50. The molecule has 2 aliphatic heterocycles. The first kappa shape index (κ1) is 23.4. The summed E-state index contributed by atoms with van der Waals surface area (Å²) in [5.41, 5.74) is 8.51. The highest BCUT2D eigenvalue weighted by Gasteiger charge is 2.45. The van der Waals surface area contributed by atoms with Crippen molar-refractivity contribution in [3.8, 4) is 11.5 Å². The minimum absolute atomic E-state index is 0.248. The van der Waals surface area contributed by atoms with Crippen molar-refractivity contribution in [2.75, 3.05) is 30.0 Å². The summed E-state index contributed by atoms with van der Waals surface area (Å²) in [5.74, 6) is 0.806. The van der Waals surface area contributed by atoms with Gasteiger partial charge in [-0.3, -0.25) is 14.6 Å². The molecule has 10 heteroatoms. The molecule has 6 rings (SSSR count). The molecule has 4 aromatic rings. The molecule has 4 heterocycles. The Morgan fingerprint density at radius 1 is 1.11 bits per heavy atom. The Labute approximate surface area is 217 Å². The van der Waals surface area contributed by atoms with Crippen molar-refractivity contribution in [2.45, 2.75) is 19.1 Å². The third-order valence-electron chi connectivity index (χ3n) is 6.80. The van der Waals surface area contributed by atoms with Gasteiger partial charge in [0.2, 0.25) is 0 Å². The maximum absolute atomic E-state index is 14.3. The number of benzene rings is 2. The Balaban J connectivity index is 1.50. The van der Waals surface area contributed by atoms with Crippen molar-refractivity contribution in [2.24, 2.45) is 5.73 Å². The molecule has 0 saturated carbocycles. The van der Waals surface area contributed by atoms with Gasteiger partial charge in [-0.25, -0.2) is 9.78 Å². The molecule has 188 valence electrons. The molecule has 2 aromatic heterocycles. The van der Waals surface area contributed by atoms with E-state index < -0.39 is 5.91 Å². The van der Waals surface area contributed by atoms with Gasteiger partial charge in [0.05, 0.1) is 34.6 Å². The van der Waals surface area contributed by atoms with Crippen molar-refractivity contribution in [1.82, 2.24) is 10.3 Å². The van der Waals surface area contributed by atoms with E-state index in [1.54, 1.807) is 29.2 Å². The summed E-state index contributed by atoms with van der Waals surface area (Å²) in [7, 11) is 1.63. The summed E-state index contributed by atoms with van der Waals surface area (Å²) in [4.78, 5) is 35.6. The molecule has 0 aliphatic carbocycles. The Morgan fingerprint density at radius 2 is 1.92 bits per heavy atom. The molecule has 3 amide bonds. The Kier molecular flexibility index (Phi) is 5.79. The molecule has 1 saturated heterocycles. The molecular formula is C27H25N5O4S. The van der Waals surface area contributed by atoms with E-state index in [1.165, 1.54) is 11.3 Å². The number of nitrogens with one attached hydrogen (secondary N) is 1. The molecule has 0 bridgehead atoms. The average molecular weight is 516 g/mol. The quantitative estimate of drug-likeness (QED) is 0.390. The van der Waals surface area contributed by atoms with Gasteiger partial charge in [0.1, 0.15) is 21.2 Å². The van der Waals surface area contributed by atoms with Crippen molar-refractivity contribution < 1.29 is 19.1 Å². The van der Waals surface area contributed by atoms with E-state index in [0.717, 1.165) is 16.7 Å². The molecule has 3 N–H and O–H groups in total. The molecule has 2 atom stereocenters. The average Bonchev–Trinajstić information content (AvgIpc) is 3.52. The predicted octanol–water partition coefficient (Wildman–Crippen LogP) is 4.56. The van der Waals surface area contributed by atoms with Crippen LogP contribution in [0.3, 0.4) is 0 Å². The van der Waals surface area contributed by atoms with Gasteiger partial charge in [-0.05, 0) is 48.9 Å². The first-order valence-electron chi connectivity index (χ1n) is 11.9. The number of para-hydroxylation sites is 1. The second-order valence-corrected chi connectivity index (χ2v) is 10.0. The van der Waals surface area contributed by atoms with E-state index in [0.29, 0.717) is 45.6 Å². The van der Waals surface area contributed by atoms with Crippen LogP contribution in [0.25, 0.3) is 10.2 Å². The van der Waals surface area contributed by atoms with Gasteiger partial charge in [-0.1, -0.05) is 18.2 Å². The predicted molar refractivity (Wildman–Crippen MR) is 143 cm³/mol. The number of urea groups is 1. The topological polar surface area (TPSA) is 110 Å². The largest absolute Gasteiger partial charge is 0.457 e. The lowest BCUT2D eigenvalue weighted by molar-refractivity contribution is 0.100. The summed E-state index contributed by atoms with van der Waals surface area (Å²) < 4.78 is 11.7. The zero-order valence-electron chi connectivity index (χ0n) is 20.3. The first-order chi connectivity index (χ1) is 18.0. The molecule has 0 radical (unpaired) electrons. The second-order valence-electron chi connectivity index (χ2n) is 9.01. The number of nitrogens with zero attached hydrogens (tertiary/aromatic N) is 3. The molecule has 9 nitrogen and oxygen atoms in total. The van der Waals surface area contributed by atoms with Gasteiger partial charge in [0.15, 0.2) is 0 Å². The lowest BCUT2D eigenvalue weighted by Crippen LogP contribution is -2.54. The third kappa shape index (κ3) is 3.81. The third-order valence-corrected chi connectivity index (χ3v) is 7.90. The maximum Gasteiger partial charge on any atom is 0.334 e. The molecule has 2 aliphatic rings. The monoisotopic (exact) mass is 515 g/mol. The first-order valence-corrected chi connectivity index (χ1v) is 12.7. The van der Waals surface area contributed by atoms with E-state index in [4.69, 9.17) is 15.2 Å². The van der Waals surface area contributed by atoms with Crippen LogP contribution in [0.15, 0.2) is 60.8 Å². The standard InChI is InChI=1S/C27H25N5O4S/c1-15-12-17(36-16-6-4-3-5-7-16)8-9-18(15)31-19-10-11-30-26-22(19)23(24(37-26)25(28)33)32(27(31)34)20-13-29-14-21(20)35-2/h3-12,20-21,29H,13-14H2,1-2H3,(H2,28,33)/t20-,21-/m0/s1. The van der Waals surface area contributed by atoms with E-state index in [1.807, 2.05) is 55.5 Å². The summed E-state index contributed by atoms with van der Waals surface area (Å²) in [6.07, 6.45) is 1.40. The van der Waals surface area contributed by atoms with Gasteiger partial charge in [0.25, 0.3) is 5.91 Å². The van der Waals surface area contributed by atoms with Crippen LogP contribution in [0.1, 0.15) is 15.2 Å². The number of ether oxygens (including phenoxy) is 2. The zero-order valence-corrected chi connectivity index (χ0v) is 21.1. The number of pyridine rings is 1. The van der Waals surface area contributed by atoms with Crippen LogP contribution in [0.5, 0.6) is 11.5 Å². The highest BCUT2D eigenvalue weighted by atomic mass is 32.1. The normalized spacial score (nSPS) is 19.0. The molecule has 1 fully saturated rings. The zero-order chi connectivity index (χ0) is 25.7. The fraction of sp³-hybridized carbons (Fsp3) is 0.222. The summed E-state index contributed by atoms with van der Waals surface area (Å²) >= 11 is 1.20. The van der Waals surface area contributed by atoms with Crippen LogP contribution < -0.4 is 25.6 Å². The van der Waals surface area contributed by atoms with Gasteiger partial charge >= 0.3 is 6.03 Å². The Morgan fingerprint density at radius 3 is 2.65 bits per heavy atom. The number of hydrogen-bond acceptors (Lipinski definition) is 7. The van der Waals surface area contributed by atoms with Crippen molar-refractivity contribution in [3.05, 3.63) is 71.2 Å². The van der Waals surface area contributed by atoms with Gasteiger partial charge < -0.3 is 20.5 Å². The van der Waals surface area contributed by atoms with Gasteiger partial charge in [-0.15, -0.1) is 11.3 Å². The van der Waals surface area contributed by atoms with Crippen molar-refractivity contribution >= 4 is 50.6 Å². The summed E-state index contributed by atoms with van der Waals surface area (Å²) in [5, 5.41) is 4.03. The van der Waals surface area contributed by atoms with Crippen LogP contribution in [0.2, 0.25) is 0 Å². The molecule has 0 unspecified atom stereocenters. The second kappa shape index (κ2) is 9.15. The minimum Gasteiger partial charge on any atom is -0.457 e. The van der Waals surface area contributed by atoms with Crippen LogP contribution in [-0.4, -0.2) is 49.3 Å². The number of carbonyl (C=O) groups is 2. The van der Waals surface area contributed by atoms with Crippen LogP contribution in [0, 0.1) is 6.92 Å². The lowest BCUT2D eigenvalue weighted by Gasteiger charge is -2.40. The summed E-state index contributed by atoms with van der Waals surface area (Å²) in [6.45, 7) is 3.05. The Bertz CT molecular complexity index is 1520. The lowest BCUT2D eigenvalue weighted by atomic mass is 10.0. The highest BCUT2D eigenvalue weighted by molar-refractivity contribution is 7.21. The number of rotatable bonds is 6. The number of carbonyl (C=O) groups excluding carboxylic acids is 2. The molecule has 0 spiro atoms. The fourth-order valence-electron chi connectivity index (χ4n) is 5.13. The van der Waals surface area contributed by atoms with E-state index in [9.17, 15) is 9.59 Å². The summed E-state index contributed by atoms with van der Waals surface area (Å²) in [6, 6.07) is 16.4. The Hall–Kier alpha value is -3.99. The number of aryl methyl sites for hydroxylation is 1. The number of aromatic nitrogens is 1. The number of methoxy groups -OCH3 is 1. The minimum atomic E-state index is -0.589. The van der Waals surface area contributed by atoms with Gasteiger partial charge in [0, 0.05) is 26.4 Å². The van der Waals surface area contributed by atoms with Crippen molar-refractivity contribution in [3.63, 3.8) is 0 Å². The number of nitrogens with two attached hydrogens (primary N) is 1. The number of thiophene rings is 1. The number of primary amides is 1. The van der Waals surface area contributed by atoms with E-state index in [-0.39, 0.29) is 18.2 Å². The molecule has 37 heavy (non-hydrogen) atoms. The van der Waals surface area contributed by atoms with Crippen LogP contribution in [-0.2, 0) is 4.74 Å². The number of hydrogen-bond donors (Lipinski definition) is 2. The van der Waals surface area contributed by atoms with Crippen LogP contribution in [0.4, 0.5) is 21.9 Å². The molecule has 2 aromatic carbocycles. The maximum atomic E-state index is 14.3. The van der Waals surface area contributed by atoms with Gasteiger partial charge in [-0.2, -0.15) is 0 Å². The number of amides is 3. The van der Waals surface area contributed by atoms with Crippen LogP contribution >= 0.6 is 11.3 Å². The van der Waals surface area contributed by atoms with Crippen molar-refractivity contribution in [1.29, 1.82) is 0 Å². The molecular weight excluding hydrogens is 490 g/mol. The number of anilines is 3. The fourth-order valence-corrected chi connectivity index (χ4v) is 6.14. The van der Waals surface area contributed by atoms with E-state index in [2.05, 4.69) is 10.3 Å². The van der Waals surface area contributed by atoms with E-state index >= 15 is 0 Å². The SMILES string of the molecule is CO[C@H]1CNC[C@@H]1N1C(=O)N(c2ccc(Oc3ccccc3)cc2C)c2ccnc3sc(C(N)=O)c1c23. The smallest absolute Gasteiger partial charge is 0.334 e.